The number of rotatable bonds is 5. The van der Waals surface area contributed by atoms with E-state index in [-0.39, 0.29) is 35.8 Å². The van der Waals surface area contributed by atoms with Crippen LogP contribution >= 0.6 is 0 Å². The minimum Gasteiger partial charge on any atom is -0.405 e. The smallest absolute Gasteiger partial charge is 0.405 e. The van der Waals surface area contributed by atoms with Gasteiger partial charge in [-0.3, -0.25) is 14.6 Å². The van der Waals surface area contributed by atoms with Crippen molar-refractivity contribution in [3.63, 3.8) is 0 Å². The molecule has 0 aromatic heterocycles. The number of carbonyl (C=O) groups excluding carboxylic acids is 1. The molecule has 1 aliphatic heterocycles. The number of alkyl halides is 3. The maximum absolute atomic E-state index is 12.5. The average molecular weight is 387 g/mol. The number of carbonyl (C=O) groups is 1. The summed E-state index contributed by atoms with van der Waals surface area (Å²) in [4.78, 5) is 16.7. The summed E-state index contributed by atoms with van der Waals surface area (Å²) in [6.07, 6.45) is -3.78. The van der Waals surface area contributed by atoms with Crippen LogP contribution in [0.5, 0.6) is 5.75 Å². The highest BCUT2D eigenvalue weighted by molar-refractivity contribution is 5.78. The average Bonchev–Trinajstić information content (AvgIpc) is 2.78. The fourth-order valence-corrected chi connectivity index (χ4v) is 3.13. The first-order valence-corrected chi connectivity index (χ1v) is 9.12. The monoisotopic (exact) mass is 387 g/mol. The molecule has 2 rings (SSSR count). The molecule has 0 radical (unpaired) electrons. The molecular weight excluding hydrogens is 359 g/mol. The Labute approximate surface area is 158 Å². The predicted octanol–water partition coefficient (Wildman–Crippen LogP) is 3.01. The van der Waals surface area contributed by atoms with Crippen LogP contribution in [0.4, 0.5) is 13.2 Å². The Bertz CT molecular complexity index is 629. The second-order valence-electron chi connectivity index (χ2n) is 7.72. The zero-order valence-corrected chi connectivity index (χ0v) is 16.1. The van der Waals surface area contributed by atoms with Crippen LogP contribution in [0.2, 0.25) is 0 Å². The molecule has 1 aromatic carbocycles. The second-order valence-corrected chi connectivity index (χ2v) is 7.72. The maximum Gasteiger partial charge on any atom is 0.573 e. The molecule has 1 amide bonds. The molecule has 0 unspecified atom stereocenters. The third-order valence-corrected chi connectivity index (χ3v) is 4.58. The minimum atomic E-state index is -4.76. The SMILES string of the molecule is CC(C)(C)N1CCCN(CC(=O)NCc2ccccc2OC(F)(F)F)CC1. The van der Waals surface area contributed by atoms with Crippen molar-refractivity contribution < 1.29 is 22.7 Å². The second kappa shape index (κ2) is 8.93. The molecule has 1 aliphatic rings. The quantitative estimate of drug-likeness (QED) is 0.844. The molecule has 1 fully saturated rings. The number of halogens is 3. The Kier molecular flexibility index (Phi) is 7.11. The lowest BCUT2D eigenvalue weighted by atomic mass is 10.1. The van der Waals surface area contributed by atoms with Crippen molar-refractivity contribution >= 4 is 5.91 Å². The van der Waals surface area contributed by atoms with Crippen LogP contribution in [-0.2, 0) is 11.3 Å². The van der Waals surface area contributed by atoms with E-state index in [1.165, 1.54) is 18.2 Å². The van der Waals surface area contributed by atoms with Crippen LogP contribution in [0, 0.1) is 0 Å². The standard InChI is InChI=1S/C19H28F3N3O2/c1-18(2,3)25-10-6-9-24(11-12-25)14-17(26)23-13-15-7-4-5-8-16(15)27-19(20,21)22/h4-5,7-8H,6,9-14H2,1-3H3,(H,23,26). The summed E-state index contributed by atoms with van der Waals surface area (Å²) in [5.74, 6) is -0.498. The molecule has 0 bridgehead atoms. The zero-order chi connectivity index (χ0) is 20.1. The first-order valence-electron chi connectivity index (χ1n) is 9.12. The number of amides is 1. The van der Waals surface area contributed by atoms with Crippen molar-refractivity contribution in [2.75, 3.05) is 32.7 Å². The van der Waals surface area contributed by atoms with Crippen LogP contribution in [0.3, 0.4) is 0 Å². The zero-order valence-electron chi connectivity index (χ0n) is 16.1. The Hall–Kier alpha value is -1.80. The molecular formula is C19H28F3N3O2. The predicted molar refractivity (Wildman–Crippen MR) is 97.4 cm³/mol. The third-order valence-electron chi connectivity index (χ3n) is 4.58. The van der Waals surface area contributed by atoms with Crippen molar-refractivity contribution in [1.29, 1.82) is 0 Å². The van der Waals surface area contributed by atoms with Gasteiger partial charge in [0.25, 0.3) is 0 Å². The molecule has 0 aliphatic carbocycles. The molecule has 1 saturated heterocycles. The first kappa shape index (κ1) is 21.5. The number of hydrogen-bond acceptors (Lipinski definition) is 4. The van der Waals surface area contributed by atoms with Crippen LogP contribution in [0.15, 0.2) is 24.3 Å². The van der Waals surface area contributed by atoms with E-state index in [2.05, 4.69) is 40.6 Å². The van der Waals surface area contributed by atoms with Gasteiger partial charge in [-0.1, -0.05) is 18.2 Å². The van der Waals surface area contributed by atoms with Gasteiger partial charge < -0.3 is 10.1 Å². The first-order chi connectivity index (χ1) is 12.5. The van der Waals surface area contributed by atoms with E-state index < -0.39 is 6.36 Å². The van der Waals surface area contributed by atoms with Crippen LogP contribution in [0.25, 0.3) is 0 Å². The molecule has 5 nitrogen and oxygen atoms in total. The summed E-state index contributed by atoms with van der Waals surface area (Å²) >= 11 is 0. The topological polar surface area (TPSA) is 44.8 Å². The minimum absolute atomic E-state index is 0.00690. The van der Waals surface area contributed by atoms with E-state index in [0.29, 0.717) is 0 Å². The lowest BCUT2D eigenvalue weighted by molar-refractivity contribution is -0.274. The number of nitrogens with one attached hydrogen (secondary N) is 1. The number of ether oxygens (including phenoxy) is 1. The highest BCUT2D eigenvalue weighted by atomic mass is 19.4. The van der Waals surface area contributed by atoms with Crippen molar-refractivity contribution in [2.24, 2.45) is 0 Å². The van der Waals surface area contributed by atoms with Gasteiger partial charge in [-0.05, 0) is 46.3 Å². The van der Waals surface area contributed by atoms with Crippen LogP contribution in [0.1, 0.15) is 32.8 Å². The van der Waals surface area contributed by atoms with Gasteiger partial charge >= 0.3 is 6.36 Å². The van der Waals surface area contributed by atoms with Crippen molar-refractivity contribution in [3.8, 4) is 5.75 Å². The lowest BCUT2D eigenvalue weighted by Crippen LogP contribution is -2.44. The highest BCUT2D eigenvalue weighted by Gasteiger charge is 2.32. The maximum atomic E-state index is 12.5. The Morgan fingerprint density at radius 3 is 2.48 bits per heavy atom. The van der Waals surface area contributed by atoms with Gasteiger partial charge in [-0.2, -0.15) is 0 Å². The fourth-order valence-electron chi connectivity index (χ4n) is 3.13. The van der Waals surface area contributed by atoms with E-state index in [0.717, 1.165) is 32.6 Å². The molecule has 8 heteroatoms. The van der Waals surface area contributed by atoms with Crippen LogP contribution < -0.4 is 10.1 Å². The van der Waals surface area contributed by atoms with Gasteiger partial charge in [0, 0.05) is 30.7 Å². The summed E-state index contributed by atoms with van der Waals surface area (Å²) in [5.41, 5.74) is 0.387. The summed E-state index contributed by atoms with van der Waals surface area (Å²) in [5, 5.41) is 2.69. The number of hydrogen-bond donors (Lipinski definition) is 1. The molecule has 0 atom stereocenters. The number of benzene rings is 1. The molecule has 0 spiro atoms. The molecule has 1 heterocycles. The van der Waals surface area contributed by atoms with Gasteiger partial charge in [-0.15, -0.1) is 13.2 Å². The van der Waals surface area contributed by atoms with Gasteiger partial charge in [0.05, 0.1) is 6.54 Å². The van der Waals surface area contributed by atoms with Gasteiger partial charge in [-0.25, -0.2) is 0 Å². The van der Waals surface area contributed by atoms with E-state index in [4.69, 9.17) is 0 Å². The molecule has 0 saturated carbocycles. The summed E-state index contributed by atoms with van der Waals surface area (Å²) in [6.45, 7) is 10.3. The summed E-state index contributed by atoms with van der Waals surface area (Å²) in [6, 6.07) is 5.82. The Morgan fingerprint density at radius 1 is 1.11 bits per heavy atom. The molecule has 1 N–H and O–H groups in total. The third kappa shape index (κ3) is 7.38. The Balaban J connectivity index is 1.85. The highest BCUT2D eigenvalue weighted by Crippen LogP contribution is 2.26. The Morgan fingerprint density at radius 2 is 1.81 bits per heavy atom. The van der Waals surface area contributed by atoms with Crippen molar-refractivity contribution in [1.82, 2.24) is 15.1 Å². The number of nitrogens with zero attached hydrogens (tertiary/aromatic N) is 2. The van der Waals surface area contributed by atoms with E-state index >= 15 is 0 Å². The fraction of sp³-hybridized carbons (Fsp3) is 0.632. The lowest BCUT2D eigenvalue weighted by Gasteiger charge is -2.34. The van der Waals surface area contributed by atoms with Gasteiger partial charge in [0.15, 0.2) is 0 Å². The number of para-hydroxylation sites is 1. The van der Waals surface area contributed by atoms with Crippen molar-refractivity contribution in [2.45, 2.75) is 45.6 Å². The molecule has 152 valence electrons. The summed E-state index contributed by atoms with van der Waals surface area (Å²) in [7, 11) is 0. The van der Waals surface area contributed by atoms with E-state index in [1.54, 1.807) is 6.07 Å². The van der Waals surface area contributed by atoms with Crippen LogP contribution in [-0.4, -0.2) is 60.3 Å². The van der Waals surface area contributed by atoms with Gasteiger partial charge in [0.1, 0.15) is 5.75 Å². The van der Waals surface area contributed by atoms with E-state index in [9.17, 15) is 18.0 Å². The molecule has 27 heavy (non-hydrogen) atoms. The molecule has 1 aromatic rings. The van der Waals surface area contributed by atoms with Crippen molar-refractivity contribution in [3.05, 3.63) is 29.8 Å². The normalized spacial score (nSPS) is 17.4. The largest absolute Gasteiger partial charge is 0.573 e. The van der Waals surface area contributed by atoms with E-state index in [1.807, 2.05) is 0 Å². The van der Waals surface area contributed by atoms with Gasteiger partial charge in [0.2, 0.25) is 5.91 Å². The summed E-state index contributed by atoms with van der Waals surface area (Å²) < 4.78 is 41.4.